The molecule has 3 aromatic rings. The van der Waals surface area contributed by atoms with Crippen molar-refractivity contribution in [3.63, 3.8) is 0 Å². The summed E-state index contributed by atoms with van der Waals surface area (Å²) in [6, 6.07) is 14.5. The quantitative estimate of drug-likeness (QED) is 0.526. The van der Waals surface area contributed by atoms with Gasteiger partial charge in [0, 0.05) is 34.8 Å². The second-order valence-corrected chi connectivity index (χ2v) is 5.48. The van der Waals surface area contributed by atoms with E-state index < -0.39 is 0 Å². The highest BCUT2D eigenvalue weighted by molar-refractivity contribution is 6.17. The van der Waals surface area contributed by atoms with Gasteiger partial charge in [-0.2, -0.15) is 0 Å². The number of carbonyl (C=O) groups excluding carboxylic acids is 2. The van der Waals surface area contributed by atoms with Crippen LogP contribution in [0.1, 0.15) is 40.1 Å². The summed E-state index contributed by atoms with van der Waals surface area (Å²) in [5.41, 5.74) is 2.63. The molecule has 2 aromatic carbocycles. The number of ketones is 1. The highest BCUT2D eigenvalue weighted by Gasteiger charge is 2.18. The van der Waals surface area contributed by atoms with Crippen LogP contribution in [0.2, 0.25) is 0 Å². The van der Waals surface area contributed by atoms with Crippen LogP contribution < -0.4 is 0 Å². The number of fused-ring (bicyclic) bond motifs is 1. The van der Waals surface area contributed by atoms with E-state index in [9.17, 15) is 9.59 Å². The van der Waals surface area contributed by atoms with Crippen molar-refractivity contribution in [1.82, 2.24) is 4.57 Å². The van der Waals surface area contributed by atoms with Crippen molar-refractivity contribution >= 4 is 22.7 Å². The van der Waals surface area contributed by atoms with Crippen LogP contribution in [0.25, 0.3) is 10.9 Å². The van der Waals surface area contributed by atoms with Crippen LogP contribution in [0.4, 0.5) is 0 Å². The standard InChI is InChI=1S/C20H19NO3/c1-3-21-13-17(19(22)14-8-6-5-7-9-14)16-12-15(10-11-18(16)21)20(23)24-4-2/h5-13H,3-4H2,1-2H3. The minimum Gasteiger partial charge on any atom is -0.462 e. The highest BCUT2D eigenvalue weighted by Crippen LogP contribution is 2.25. The number of hydrogen-bond donors (Lipinski definition) is 0. The monoisotopic (exact) mass is 321 g/mol. The second-order valence-electron chi connectivity index (χ2n) is 5.48. The molecular formula is C20H19NO3. The lowest BCUT2D eigenvalue weighted by atomic mass is 10.0. The van der Waals surface area contributed by atoms with Gasteiger partial charge in [-0.1, -0.05) is 30.3 Å². The number of esters is 1. The minimum atomic E-state index is -0.373. The molecule has 3 rings (SSSR count). The third kappa shape index (κ3) is 2.83. The molecular weight excluding hydrogens is 302 g/mol. The zero-order chi connectivity index (χ0) is 17.1. The Kier molecular flexibility index (Phi) is 4.47. The van der Waals surface area contributed by atoms with Crippen LogP contribution in [-0.4, -0.2) is 22.9 Å². The van der Waals surface area contributed by atoms with Gasteiger partial charge in [-0.3, -0.25) is 4.79 Å². The van der Waals surface area contributed by atoms with Crippen LogP contribution in [0.3, 0.4) is 0 Å². The summed E-state index contributed by atoms with van der Waals surface area (Å²) in [5.74, 6) is -0.421. The van der Waals surface area contributed by atoms with Crippen molar-refractivity contribution in [3.8, 4) is 0 Å². The van der Waals surface area contributed by atoms with Crippen LogP contribution in [0, 0.1) is 0 Å². The number of hydrogen-bond acceptors (Lipinski definition) is 3. The number of aromatic nitrogens is 1. The van der Waals surface area contributed by atoms with Crippen molar-refractivity contribution in [2.75, 3.05) is 6.61 Å². The molecule has 0 saturated carbocycles. The smallest absolute Gasteiger partial charge is 0.338 e. The van der Waals surface area contributed by atoms with Gasteiger partial charge in [0.15, 0.2) is 5.78 Å². The summed E-state index contributed by atoms with van der Waals surface area (Å²) in [4.78, 5) is 24.9. The third-order valence-corrected chi connectivity index (χ3v) is 4.01. The third-order valence-electron chi connectivity index (χ3n) is 4.01. The molecule has 0 aliphatic carbocycles. The first-order valence-corrected chi connectivity index (χ1v) is 8.05. The molecule has 0 spiro atoms. The van der Waals surface area contributed by atoms with E-state index in [0.29, 0.717) is 23.3 Å². The van der Waals surface area contributed by atoms with Crippen molar-refractivity contribution < 1.29 is 14.3 Å². The molecule has 0 fully saturated rings. The lowest BCUT2D eigenvalue weighted by Crippen LogP contribution is -2.05. The molecule has 0 amide bonds. The maximum absolute atomic E-state index is 12.9. The van der Waals surface area contributed by atoms with E-state index >= 15 is 0 Å². The zero-order valence-electron chi connectivity index (χ0n) is 13.8. The van der Waals surface area contributed by atoms with Gasteiger partial charge >= 0.3 is 5.97 Å². The van der Waals surface area contributed by atoms with Crippen LogP contribution in [-0.2, 0) is 11.3 Å². The Morgan fingerprint density at radius 3 is 2.42 bits per heavy atom. The van der Waals surface area contributed by atoms with E-state index in [0.717, 1.165) is 17.4 Å². The fourth-order valence-electron chi connectivity index (χ4n) is 2.83. The molecule has 122 valence electrons. The molecule has 0 unspecified atom stereocenters. The van der Waals surface area contributed by atoms with E-state index in [2.05, 4.69) is 0 Å². The van der Waals surface area contributed by atoms with Crippen LogP contribution >= 0.6 is 0 Å². The van der Waals surface area contributed by atoms with E-state index in [-0.39, 0.29) is 11.8 Å². The Bertz CT molecular complexity index is 894. The highest BCUT2D eigenvalue weighted by atomic mass is 16.5. The molecule has 24 heavy (non-hydrogen) atoms. The number of rotatable bonds is 5. The van der Waals surface area contributed by atoms with E-state index in [1.807, 2.05) is 42.0 Å². The maximum atomic E-state index is 12.9. The second kappa shape index (κ2) is 6.71. The number of carbonyl (C=O) groups is 2. The zero-order valence-corrected chi connectivity index (χ0v) is 13.8. The predicted octanol–water partition coefficient (Wildman–Crippen LogP) is 4.07. The topological polar surface area (TPSA) is 48.3 Å². The largest absolute Gasteiger partial charge is 0.462 e. The first-order chi connectivity index (χ1) is 11.7. The first-order valence-electron chi connectivity index (χ1n) is 8.05. The summed E-state index contributed by atoms with van der Waals surface area (Å²) in [7, 11) is 0. The summed E-state index contributed by atoms with van der Waals surface area (Å²) in [6.07, 6.45) is 1.86. The minimum absolute atomic E-state index is 0.0474. The summed E-state index contributed by atoms with van der Waals surface area (Å²) in [6.45, 7) is 4.86. The van der Waals surface area contributed by atoms with Gasteiger partial charge in [0.05, 0.1) is 12.2 Å². The van der Waals surface area contributed by atoms with Gasteiger partial charge < -0.3 is 9.30 Å². The summed E-state index contributed by atoms with van der Waals surface area (Å²) >= 11 is 0. The van der Waals surface area contributed by atoms with Gasteiger partial charge in [0.1, 0.15) is 0 Å². The number of aryl methyl sites for hydroxylation is 1. The Morgan fingerprint density at radius 2 is 1.75 bits per heavy atom. The molecule has 0 radical (unpaired) electrons. The normalized spacial score (nSPS) is 10.8. The van der Waals surface area contributed by atoms with E-state index in [1.54, 1.807) is 31.2 Å². The molecule has 4 nitrogen and oxygen atoms in total. The summed E-state index contributed by atoms with van der Waals surface area (Å²) in [5, 5.41) is 0.774. The summed E-state index contributed by atoms with van der Waals surface area (Å²) < 4.78 is 7.08. The van der Waals surface area contributed by atoms with Crippen molar-refractivity contribution in [2.45, 2.75) is 20.4 Å². The van der Waals surface area contributed by atoms with Gasteiger partial charge in [-0.25, -0.2) is 4.79 Å². The average molecular weight is 321 g/mol. The molecule has 1 aromatic heterocycles. The molecule has 0 bridgehead atoms. The van der Waals surface area contributed by atoms with Crippen molar-refractivity contribution in [3.05, 3.63) is 71.4 Å². The fraction of sp³-hybridized carbons (Fsp3) is 0.200. The molecule has 0 saturated heterocycles. The van der Waals surface area contributed by atoms with Gasteiger partial charge in [-0.05, 0) is 32.0 Å². The van der Waals surface area contributed by atoms with Gasteiger partial charge in [0.25, 0.3) is 0 Å². The Labute approximate surface area is 140 Å². The number of benzene rings is 2. The Morgan fingerprint density at radius 1 is 1.00 bits per heavy atom. The molecule has 0 aliphatic rings. The molecule has 0 aliphatic heterocycles. The average Bonchev–Trinajstić information content (AvgIpc) is 3.00. The maximum Gasteiger partial charge on any atom is 0.338 e. The predicted molar refractivity (Wildman–Crippen MR) is 93.4 cm³/mol. The van der Waals surface area contributed by atoms with Gasteiger partial charge in [-0.15, -0.1) is 0 Å². The molecule has 1 heterocycles. The van der Waals surface area contributed by atoms with Crippen LogP contribution in [0.15, 0.2) is 54.7 Å². The molecule has 4 heteroatoms. The number of nitrogens with zero attached hydrogens (tertiary/aromatic N) is 1. The SMILES string of the molecule is CCOC(=O)c1ccc2c(c1)c(C(=O)c1ccccc1)cn2CC. The number of ether oxygens (including phenoxy) is 1. The van der Waals surface area contributed by atoms with E-state index in [1.165, 1.54) is 0 Å². The van der Waals surface area contributed by atoms with Gasteiger partial charge in [0.2, 0.25) is 0 Å². The van der Waals surface area contributed by atoms with E-state index in [4.69, 9.17) is 4.74 Å². The van der Waals surface area contributed by atoms with Crippen molar-refractivity contribution in [2.24, 2.45) is 0 Å². The Balaban J connectivity index is 2.14. The Hall–Kier alpha value is -2.88. The molecule has 0 atom stereocenters. The van der Waals surface area contributed by atoms with Crippen molar-refractivity contribution in [1.29, 1.82) is 0 Å². The molecule has 0 N–H and O–H groups in total. The lowest BCUT2D eigenvalue weighted by molar-refractivity contribution is 0.0526. The first kappa shape index (κ1) is 16.0. The fourth-order valence-corrected chi connectivity index (χ4v) is 2.83. The lowest BCUT2D eigenvalue weighted by Gasteiger charge is -2.04. The van der Waals surface area contributed by atoms with Crippen LogP contribution in [0.5, 0.6) is 0 Å².